The summed E-state index contributed by atoms with van der Waals surface area (Å²) < 4.78 is 6.23. The lowest BCUT2D eigenvalue weighted by Gasteiger charge is -2.06. The number of ether oxygens (including phenoxy) is 1. The van der Waals surface area contributed by atoms with E-state index < -0.39 is 0 Å². The van der Waals surface area contributed by atoms with Crippen LogP contribution in [-0.4, -0.2) is 23.1 Å². The van der Waals surface area contributed by atoms with Gasteiger partial charge in [-0.05, 0) is 6.07 Å². The molecule has 0 aromatic carbocycles. The number of aromatic nitrogens is 1. The fourth-order valence-electron chi connectivity index (χ4n) is 1.03. The van der Waals surface area contributed by atoms with Crippen molar-refractivity contribution in [2.45, 2.75) is 6.54 Å². The average molecular weight is 292 g/mol. The summed E-state index contributed by atoms with van der Waals surface area (Å²) in [5, 5.41) is 3.30. The van der Waals surface area contributed by atoms with Gasteiger partial charge in [-0.1, -0.05) is 28.7 Å². The smallest absolute Gasteiger partial charge is 0.217 e. The molecule has 0 amide bonds. The minimum atomic E-state index is 0.712. The number of rotatable bonds is 5. The van der Waals surface area contributed by atoms with Gasteiger partial charge in [0.15, 0.2) is 0 Å². The van der Waals surface area contributed by atoms with Crippen LogP contribution in [0.1, 0.15) is 5.56 Å². The Morgan fingerprint density at radius 1 is 1.62 bits per heavy atom. The zero-order valence-electron chi connectivity index (χ0n) is 7.59. The standard InChI is InChI=1S/C9H13IN2O/c1-13-9-8(3-2-5-12-9)7-11-6-4-10/h2-3,5,11H,4,6-7H2,1H3. The Kier molecular flexibility index (Phi) is 5.07. The minimum absolute atomic E-state index is 0.712. The molecule has 4 heteroatoms. The van der Waals surface area contributed by atoms with Crippen LogP contribution >= 0.6 is 22.6 Å². The Morgan fingerprint density at radius 2 is 2.46 bits per heavy atom. The van der Waals surface area contributed by atoms with E-state index in [2.05, 4.69) is 32.9 Å². The number of halogens is 1. The van der Waals surface area contributed by atoms with Gasteiger partial charge in [0.1, 0.15) is 0 Å². The molecule has 1 aromatic rings. The lowest BCUT2D eigenvalue weighted by Crippen LogP contribution is -2.16. The highest BCUT2D eigenvalue weighted by molar-refractivity contribution is 14.1. The second-order valence-corrected chi connectivity index (χ2v) is 3.62. The second kappa shape index (κ2) is 6.15. The first-order chi connectivity index (χ1) is 6.38. The SMILES string of the molecule is COc1ncccc1CNCCI. The molecule has 72 valence electrons. The normalized spacial score (nSPS) is 10.0. The maximum absolute atomic E-state index is 5.12. The van der Waals surface area contributed by atoms with Crippen molar-refractivity contribution in [1.82, 2.24) is 10.3 Å². The van der Waals surface area contributed by atoms with Crippen LogP contribution in [0.3, 0.4) is 0 Å². The summed E-state index contributed by atoms with van der Waals surface area (Å²) in [6, 6.07) is 3.94. The van der Waals surface area contributed by atoms with Gasteiger partial charge < -0.3 is 10.1 Å². The van der Waals surface area contributed by atoms with Gasteiger partial charge in [-0.15, -0.1) is 0 Å². The van der Waals surface area contributed by atoms with Gasteiger partial charge in [-0.3, -0.25) is 0 Å². The molecule has 0 bridgehead atoms. The molecule has 1 rings (SSSR count). The molecular formula is C9H13IN2O. The van der Waals surface area contributed by atoms with Gasteiger partial charge in [-0.25, -0.2) is 4.98 Å². The molecule has 0 fully saturated rings. The van der Waals surface area contributed by atoms with Crippen LogP contribution in [0.5, 0.6) is 5.88 Å². The molecule has 1 aromatic heterocycles. The maximum atomic E-state index is 5.12. The van der Waals surface area contributed by atoms with Crippen molar-refractivity contribution in [1.29, 1.82) is 0 Å². The Hall–Kier alpha value is -0.360. The van der Waals surface area contributed by atoms with Crippen molar-refractivity contribution in [2.24, 2.45) is 0 Å². The van der Waals surface area contributed by atoms with E-state index in [-0.39, 0.29) is 0 Å². The van der Waals surface area contributed by atoms with Gasteiger partial charge in [0, 0.05) is 29.3 Å². The fourth-order valence-corrected chi connectivity index (χ4v) is 1.41. The van der Waals surface area contributed by atoms with Crippen molar-refractivity contribution in [2.75, 3.05) is 18.1 Å². The molecule has 1 N–H and O–H groups in total. The maximum Gasteiger partial charge on any atom is 0.217 e. The van der Waals surface area contributed by atoms with Crippen molar-refractivity contribution in [3.63, 3.8) is 0 Å². The highest BCUT2D eigenvalue weighted by Crippen LogP contribution is 2.12. The summed E-state index contributed by atoms with van der Waals surface area (Å²) in [4.78, 5) is 4.11. The fraction of sp³-hybridized carbons (Fsp3) is 0.444. The topological polar surface area (TPSA) is 34.1 Å². The summed E-state index contributed by atoms with van der Waals surface area (Å²) in [7, 11) is 1.64. The van der Waals surface area contributed by atoms with Crippen LogP contribution in [0, 0.1) is 0 Å². The second-order valence-electron chi connectivity index (χ2n) is 2.54. The molecule has 0 aliphatic carbocycles. The van der Waals surface area contributed by atoms with Crippen molar-refractivity contribution >= 4 is 22.6 Å². The first kappa shape index (κ1) is 10.7. The van der Waals surface area contributed by atoms with E-state index in [1.54, 1.807) is 13.3 Å². The van der Waals surface area contributed by atoms with Gasteiger partial charge in [0.05, 0.1) is 7.11 Å². The summed E-state index contributed by atoms with van der Waals surface area (Å²) in [5.41, 5.74) is 1.11. The van der Waals surface area contributed by atoms with E-state index in [4.69, 9.17) is 4.74 Å². The van der Waals surface area contributed by atoms with E-state index in [9.17, 15) is 0 Å². The molecule has 13 heavy (non-hydrogen) atoms. The molecule has 0 saturated carbocycles. The zero-order valence-corrected chi connectivity index (χ0v) is 9.74. The van der Waals surface area contributed by atoms with E-state index >= 15 is 0 Å². The summed E-state index contributed by atoms with van der Waals surface area (Å²) in [6.45, 7) is 1.83. The number of hydrogen-bond donors (Lipinski definition) is 1. The zero-order chi connectivity index (χ0) is 9.52. The summed E-state index contributed by atoms with van der Waals surface area (Å²) in [6.07, 6.45) is 1.74. The van der Waals surface area contributed by atoms with Crippen LogP contribution in [-0.2, 0) is 6.54 Å². The number of nitrogens with one attached hydrogen (secondary N) is 1. The van der Waals surface area contributed by atoms with Crippen molar-refractivity contribution in [3.8, 4) is 5.88 Å². The molecule has 0 unspecified atom stereocenters. The Labute approximate surface area is 92.0 Å². The van der Waals surface area contributed by atoms with Crippen LogP contribution < -0.4 is 10.1 Å². The van der Waals surface area contributed by atoms with E-state index in [1.807, 2.05) is 12.1 Å². The van der Waals surface area contributed by atoms with Gasteiger partial charge in [-0.2, -0.15) is 0 Å². The van der Waals surface area contributed by atoms with Gasteiger partial charge >= 0.3 is 0 Å². The van der Waals surface area contributed by atoms with Gasteiger partial charge in [0.25, 0.3) is 0 Å². The molecule has 0 aliphatic rings. The van der Waals surface area contributed by atoms with E-state index in [0.717, 1.165) is 23.1 Å². The summed E-state index contributed by atoms with van der Waals surface area (Å²) in [5.74, 6) is 0.712. The highest BCUT2D eigenvalue weighted by Gasteiger charge is 2.00. The number of alkyl halides is 1. The lowest BCUT2D eigenvalue weighted by molar-refractivity contribution is 0.391. The van der Waals surface area contributed by atoms with Gasteiger partial charge in [0.2, 0.25) is 5.88 Å². The van der Waals surface area contributed by atoms with Crippen molar-refractivity contribution < 1.29 is 4.74 Å². The highest BCUT2D eigenvalue weighted by atomic mass is 127. The van der Waals surface area contributed by atoms with Crippen LogP contribution in [0.4, 0.5) is 0 Å². The molecule has 0 atom stereocenters. The molecule has 0 saturated heterocycles. The monoisotopic (exact) mass is 292 g/mol. The third-order valence-corrected chi connectivity index (χ3v) is 2.17. The van der Waals surface area contributed by atoms with Crippen LogP contribution in [0.2, 0.25) is 0 Å². The molecular weight excluding hydrogens is 279 g/mol. The molecule has 1 heterocycles. The predicted octanol–water partition coefficient (Wildman–Crippen LogP) is 1.61. The first-order valence-electron chi connectivity index (χ1n) is 4.13. The largest absolute Gasteiger partial charge is 0.481 e. The molecule has 0 radical (unpaired) electrons. The van der Waals surface area contributed by atoms with Crippen LogP contribution in [0.25, 0.3) is 0 Å². The molecule has 0 aliphatic heterocycles. The Balaban J connectivity index is 2.54. The Morgan fingerprint density at radius 3 is 3.15 bits per heavy atom. The van der Waals surface area contributed by atoms with E-state index in [1.165, 1.54) is 0 Å². The van der Waals surface area contributed by atoms with E-state index in [0.29, 0.717) is 5.88 Å². The predicted molar refractivity (Wildman–Crippen MR) is 61.4 cm³/mol. The summed E-state index contributed by atoms with van der Waals surface area (Å²) >= 11 is 2.34. The first-order valence-corrected chi connectivity index (χ1v) is 5.65. The number of pyridine rings is 1. The van der Waals surface area contributed by atoms with Crippen LogP contribution in [0.15, 0.2) is 18.3 Å². The molecule has 0 spiro atoms. The average Bonchev–Trinajstić information content (AvgIpc) is 2.19. The third-order valence-electron chi connectivity index (χ3n) is 1.63. The quantitative estimate of drug-likeness (QED) is 0.509. The minimum Gasteiger partial charge on any atom is -0.481 e. The number of methoxy groups -OCH3 is 1. The lowest BCUT2D eigenvalue weighted by atomic mass is 10.2. The number of hydrogen-bond acceptors (Lipinski definition) is 3. The van der Waals surface area contributed by atoms with Crippen molar-refractivity contribution in [3.05, 3.63) is 23.9 Å². The third kappa shape index (κ3) is 3.48. The Bertz CT molecular complexity index is 255. The molecule has 3 nitrogen and oxygen atoms in total. The number of nitrogens with zero attached hydrogens (tertiary/aromatic N) is 1.